The van der Waals surface area contributed by atoms with Crippen molar-refractivity contribution >= 4 is 23.4 Å². The first kappa shape index (κ1) is 17.3. The molecule has 3 aliphatic rings. The van der Waals surface area contributed by atoms with Gasteiger partial charge in [0.2, 0.25) is 0 Å². The zero-order valence-corrected chi connectivity index (χ0v) is 16.4. The molecule has 3 atom stereocenters. The van der Waals surface area contributed by atoms with E-state index in [4.69, 9.17) is 9.72 Å². The van der Waals surface area contributed by atoms with Gasteiger partial charge in [0.25, 0.3) is 0 Å². The lowest BCUT2D eigenvalue weighted by Gasteiger charge is -2.37. The number of ketones is 1. The molecule has 4 rings (SSSR count). The van der Waals surface area contributed by atoms with Gasteiger partial charge in [-0.15, -0.1) is 0 Å². The second-order valence-corrected chi connectivity index (χ2v) is 9.45. The number of aromatic nitrogens is 2. The quantitative estimate of drug-likeness (QED) is 0.771. The molecule has 2 heterocycles. The van der Waals surface area contributed by atoms with Gasteiger partial charge in [-0.05, 0) is 30.6 Å². The normalized spacial score (nSPS) is 33.9. The monoisotopic (exact) mass is 361 g/mol. The minimum absolute atomic E-state index is 0.0272. The lowest BCUT2D eigenvalue weighted by Crippen LogP contribution is -2.37. The van der Waals surface area contributed by atoms with E-state index in [0.29, 0.717) is 5.78 Å². The molecular weight excluding hydrogens is 334 g/mol. The molecule has 5 nitrogen and oxygen atoms in total. The molecule has 2 aliphatic carbocycles. The molecule has 2 bridgehead atoms. The van der Waals surface area contributed by atoms with Crippen LogP contribution in [0.15, 0.2) is 11.2 Å². The van der Waals surface area contributed by atoms with E-state index in [1.54, 1.807) is 11.8 Å². The second-order valence-electron chi connectivity index (χ2n) is 8.38. The molecule has 3 fully saturated rings. The lowest BCUT2D eigenvalue weighted by atomic mass is 9.71. The number of thioether (sulfide) groups is 1. The molecule has 1 saturated heterocycles. The Labute approximate surface area is 153 Å². The summed E-state index contributed by atoms with van der Waals surface area (Å²) in [5.41, 5.74) is 1.06. The van der Waals surface area contributed by atoms with Crippen LogP contribution >= 0.6 is 11.8 Å². The average molecular weight is 362 g/mol. The fourth-order valence-corrected chi connectivity index (χ4v) is 6.33. The van der Waals surface area contributed by atoms with E-state index >= 15 is 0 Å². The van der Waals surface area contributed by atoms with Crippen LogP contribution < -0.4 is 4.90 Å². The van der Waals surface area contributed by atoms with Crippen LogP contribution in [-0.4, -0.2) is 47.3 Å². The van der Waals surface area contributed by atoms with Crippen LogP contribution in [0.4, 0.5) is 5.82 Å². The molecule has 1 aromatic heterocycles. The number of Topliss-reactive ketones (excluding diaryl/α,β-unsaturated/α-hetero) is 1. The fraction of sp³-hybridized carbons (Fsp3) is 0.737. The number of rotatable bonds is 3. The lowest BCUT2D eigenvalue weighted by molar-refractivity contribution is -0.122. The van der Waals surface area contributed by atoms with E-state index in [-0.39, 0.29) is 22.0 Å². The highest BCUT2D eigenvalue weighted by Crippen LogP contribution is 2.67. The summed E-state index contributed by atoms with van der Waals surface area (Å²) in [6, 6.07) is 2.03. The van der Waals surface area contributed by atoms with Crippen molar-refractivity contribution in [2.45, 2.75) is 50.9 Å². The molecule has 136 valence electrons. The molecule has 3 unspecified atom stereocenters. The Balaban J connectivity index is 1.61. The number of hydrogen-bond acceptors (Lipinski definition) is 6. The molecule has 0 spiro atoms. The maximum absolute atomic E-state index is 13.0. The summed E-state index contributed by atoms with van der Waals surface area (Å²) in [6.07, 6.45) is 2.16. The molecular formula is C19H27N3O2S. The van der Waals surface area contributed by atoms with E-state index < -0.39 is 0 Å². The fourth-order valence-electron chi connectivity index (χ4n) is 4.81. The molecule has 0 aromatic carbocycles. The van der Waals surface area contributed by atoms with Crippen LogP contribution in [0.2, 0.25) is 0 Å². The molecule has 1 aromatic rings. The van der Waals surface area contributed by atoms with Crippen molar-refractivity contribution in [3.63, 3.8) is 0 Å². The summed E-state index contributed by atoms with van der Waals surface area (Å²) in [4.78, 5) is 24.6. The Kier molecular flexibility index (Phi) is 4.11. The standard InChI is InChI=1S/C19H27N3O2S/c1-12-11-14(22-7-9-24-10-8-22)21-17(20-12)25-16-15(23)13-5-6-19(16,4)18(13,2)3/h11,13,16H,5-10H2,1-4H3. The van der Waals surface area contributed by atoms with Gasteiger partial charge in [0.15, 0.2) is 5.16 Å². The summed E-state index contributed by atoms with van der Waals surface area (Å²) < 4.78 is 5.44. The predicted molar refractivity (Wildman–Crippen MR) is 99.1 cm³/mol. The third kappa shape index (κ3) is 2.60. The largest absolute Gasteiger partial charge is 0.378 e. The van der Waals surface area contributed by atoms with E-state index in [2.05, 4.69) is 30.7 Å². The van der Waals surface area contributed by atoms with E-state index in [0.717, 1.165) is 55.8 Å². The minimum atomic E-state index is -0.0272. The highest BCUT2D eigenvalue weighted by Gasteiger charge is 2.66. The molecule has 1 aliphatic heterocycles. The number of ether oxygens (including phenoxy) is 1. The van der Waals surface area contributed by atoms with Crippen LogP contribution in [-0.2, 0) is 9.53 Å². The van der Waals surface area contributed by atoms with Crippen molar-refractivity contribution in [3.05, 3.63) is 11.8 Å². The van der Waals surface area contributed by atoms with Gasteiger partial charge in [0.1, 0.15) is 11.6 Å². The molecule has 6 heteroatoms. The SMILES string of the molecule is Cc1cc(N2CCOCC2)nc(SC2C(=O)C3CCC2(C)C3(C)C)n1. The van der Waals surface area contributed by atoms with Crippen LogP contribution in [0.1, 0.15) is 39.3 Å². The maximum Gasteiger partial charge on any atom is 0.190 e. The third-order valence-electron chi connectivity index (χ3n) is 6.85. The topological polar surface area (TPSA) is 55.3 Å². The molecule has 2 saturated carbocycles. The number of carbonyl (C=O) groups excluding carboxylic acids is 1. The predicted octanol–water partition coefficient (Wildman–Crippen LogP) is 3.11. The number of fused-ring (bicyclic) bond motifs is 2. The van der Waals surface area contributed by atoms with Gasteiger partial charge in [0, 0.05) is 30.8 Å². The molecule has 0 N–H and O–H groups in total. The zero-order chi connectivity index (χ0) is 17.8. The van der Waals surface area contributed by atoms with Gasteiger partial charge in [-0.25, -0.2) is 9.97 Å². The first-order chi connectivity index (χ1) is 11.8. The van der Waals surface area contributed by atoms with Crippen molar-refractivity contribution in [3.8, 4) is 0 Å². The summed E-state index contributed by atoms with van der Waals surface area (Å²) in [5, 5.41) is 0.713. The summed E-state index contributed by atoms with van der Waals surface area (Å²) >= 11 is 1.59. The Morgan fingerprint density at radius 2 is 1.96 bits per heavy atom. The number of carbonyl (C=O) groups is 1. The number of hydrogen-bond donors (Lipinski definition) is 0. The maximum atomic E-state index is 13.0. The van der Waals surface area contributed by atoms with Crippen LogP contribution in [0.25, 0.3) is 0 Å². The Morgan fingerprint density at radius 3 is 2.60 bits per heavy atom. The van der Waals surface area contributed by atoms with Crippen molar-refractivity contribution < 1.29 is 9.53 Å². The summed E-state index contributed by atoms with van der Waals surface area (Å²) in [5.74, 6) is 1.55. The zero-order valence-electron chi connectivity index (χ0n) is 15.5. The van der Waals surface area contributed by atoms with Crippen LogP contribution in [0.5, 0.6) is 0 Å². The van der Waals surface area contributed by atoms with E-state index in [1.165, 1.54) is 0 Å². The number of morpholine rings is 1. The van der Waals surface area contributed by atoms with Crippen LogP contribution in [0, 0.1) is 23.7 Å². The van der Waals surface area contributed by atoms with Gasteiger partial charge < -0.3 is 9.64 Å². The number of nitrogens with zero attached hydrogens (tertiary/aromatic N) is 3. The number of anilines is 1. The Hall–Kier alpha value is -1.14. The summed E-state index contributed by atoms with van der Waals surface area (Å²) in [7, 11) is 0. The van der Waals surface area contributed by atoms with Gasteiger partial charge in [0.05, 0.1) is 18.5 Å². The van der Waals surface area contributed by atoms with Crippen LogP contribution in [0.3, 0.4) is 0 Å². The van der Waals surface area contributed by atoms with Gasteiger partial charge in [-0.3, -0.25) is 4.79 Å². The van der Waals surface area contributed by atoms with Gasteiger partial charge in [-0.2, -0.15) is 0 Å². The van der Waals surface area contributed by atoms with Gasteiger partial charge in [-0.1, -0.05) is 32.5 Å². The van der Waals surface area contributed by atoms with Gasteiger partial charge >= 0.3 is 0 Å². The minimum Gasteiger partial charge on any atom is -0.378 e. The smallest absolute Gasteiger partial charge is 0.190 e. The van der Waals surface area contributed by atoms with Crippen molar-refractivity contribution in [1.29, 1.82) is 0 Å². The molecule has 0 radical (unpaired) electrons. The Bertz CT molecular complexity index is 702. The van der Waals surface area contributed by atoms with Crippen molar-refractivity contribution in [2.75, 3.05) is 31.2 Å². The summed E-state index contributed by atoms with van der Waals surface area (Å²) in [6.45, 7) is 12.0. The average Bonchev–Trinajstić information content (AvgIpc) is 2.89. The second kappa shape index (κ2) is 5.95. The highest BCUT2D eigenvalue weighted by atomic mass is 32.2. The van der Waals surface area contributed by atoms with Crippen molar-refractivity contribution in [2.24, 2.45) is 16.7 Å². The molecule has 0 amide bonds. The van der Waals surface area contributed by atoms with E-state index in [9.17, 15) is 4.79 Å². The first-order valence-electron chi connectivity index (χ1n) is 9.22. The highest BCUT2D eigenvalue weighted by molar-refractivity contribution is 8.00. The number of aryl methyl sites for hydroxylation is 1. The molecule has 25 heavy (non-hydrogen) atoms. The Morgan fingerprint density at radius 1 is 1.24 bits per heavy atom. The third-order valence-corrected chi connectivity index (χ3v) is 8.24. The van der Waals surface area contributed by atoms with Crippen molar-refractivity contribution in [1.82, 2.24) is 9.97 Å². The van der Waals surface area contributed by atoms with E-state index in [1.807, 2.05) is 13.0 Å². The first-order valence-corrected chi connectivity index (χ1v) is 10.1.